The molecule has 1 aliphatic heterocycles. The van der Waals surface area contributed by atoms with Crippen molar-refractivity contribution in [2.45, 2.75) is 30.6 Å². The molecule has 0 bridgehead atoms. The molecule has 0 spiro atoms. The molecule has 2 N–H and O–H groups in total. The lowest BCUT2D eigenvalue weighted by atomic mass is 10.2. The third kappa shape index (κ3) is 2.30. The smallest absolute Gasteiger partial charge is 0.191 e. The first kappa shape index (κ1) is 9.19. The molecule has 2 aliphatic rings. The fourth-order valence-corrected chi connectivity index (χ4v) is 2.77. The zero-order valence-corrected chi connectivity index (χ0v) is 8.86. The summed E-state index contributed by atoms with van der Waals surface area (Å²) >= 11 is 1.99. The summed E-state index contributed by atoms with van der Waals surface area (Å²) in [5, 5.41) is 7.58. The Morgan fingerprint density at radius 1 is 1.54 bits per heavy atom. The van der Waals surface area contributed by atoms with E-state index in [9.17, 15) is 0 Å². The van der Waals surface area contributed by atoms with Gasteiger partial charge in [0.05, 0.1) is 6.54 Å². The summed E-state index contributed by atoms with van der Waals surface area (Å²) in [4.78, 5) is 4.34. The maximum absolute atomic E-state index is 4.34. The van der Waals surface area contributed by atoms with Crippen molar-refractivity contribution in [1.82, 2.24) is 10.6 Å². The van der Waals surface area contributed by atoms with Gasteiger partial charge in [-0.05, 0) is 25.5 Å². The van der Waals surface area contributed by atoms with E-state index >= 15 is 0 Å². The van der Waals surface area contributed by atoms with Gasteiger partial charge in [0.15, 0.2) is 5.96 Å². The minimum atomic E-state index is 0.654. The zero-order chi connectivity index (χ0) is 9.10. The predicted octanol–water partition coefficient (Wildman–Crippen LogP) is 0.819. The van der Waals surface area contributed by atoms with E-state index in [2.05, 4.69) is 21.9 Å². The van der Waals surface area contributed by atoms with E-state index in [-0.39, 0.29) is 0 Å². The summed E-state index contributed by atoms with van der Waals surface area (Å²) in [6.07, 6.45) is 6.15. The van der Waals surface area contributed by atoms with Crippen LogP contribution in [0.5, 0.6) is 0 Å². The fourth-order valence-electron chi connectivity index (χ4n) is 1.97. The first-order valence-corrected chi connectivity index (χ1v) is 6.25. The Kier molecular flexibility index (Phi) is 2.98. The van der Waals surface area contributed by atoms with Crippen molar-refractivity contribution in [3.8, 4) is 0 Å². The Hall–Kier alpha value is -0.380. The van der Waals surface area contributed by atoms with E-state index in [4.69, 9.17) is 0 Å². The number of thioether (sulfide) groups is 1. The first-order chi connectivity index (χ1) is 6.38. The third-order valence-electron chi connectivity index (χ3n) is 2.73. The minimum absolute atomic E-state index is 0.654. The van der Waals surface area contributed by atoms with Gasteiger partial charge in [-0.1, -0.05) is 0 Å². The van der Waals surface area contributed by atoms with E-state index in [1.54, 1.807) is 0 Å². The van der Waals surface area contributed by atoms with Crippen molar-refractivity contribution in [2.75, 3.05) is 19.3 Å². The number of hydrogen-bond acceptors (Lipinski definition) is 4. The summed E-state index contributed by atoms with van der Waals surface area (Å²) in [6.45, 7) is 1.93. The molecular weight excluding hydrogens is 182 g/mol. The molecule has 0 aromatic carbocycles. The van der Waals surface area contributed by atoms with Crippen LogP contribution in [0.25, 0.3) is 0 Å². The summed E-state index contributed by atoms with van der Waals surface area (Å²) < 4.78 is 0. The van der Waals surface area contributed by atoms with Crippen LogP contribution in [-0.2, 0) is 0 Å². The van der Waals surface area contributed by atoms with E-state index in [1.165, 1.54) is 19.3 Å². The van der Waals surface area contributed by atoms with Crippen LogP contribution in [-0.4, -0.2) is 36.6 Å². The maximum atomic E-state index is 4.34. The standard InChI is InChI=1S/C9H17N3S/c1-13-8-3-2-7(6-8)12-9-10-4-5-11-9/h7-8H,2-6H2,1H3,(H2,10,11,12). The van der Waals surface area contributed by atoms with E-state index in [1.807, 2.05) is 11.8 Å². The summed E-state index contributed by atoms with van der Waals surface area (Å²) in [5.74, 6) is 1.02. The Morgan fingerprint density at radius 2 is 2.46 bits per heavy atom. The van der Waals surface area contributed by atoms with Gasteiger partial charge in [-0.25, -0.2) is 0 Å². The van der Waals surface area contributed by atoms with Gasteiger partial charge in [0.2, 0.25) is 0 Å². The Labute approximate surface area is 83.8 Å². The molecule has 1 saturated carbocycles. The number of nitrogens with zero attached hydrogens (tertiary/aromatic N) is 1. The van der Waals surface area contributed by atoms with Crippen LogP contribution >= 0.6 is 11.8 Å². The third-order valence-corrected chi connectivity index (χ3v) is 3.83. The van der Waals surface area contributed by atoms with Crippen LogP contribution in [0.1, 0.15) is 19.3 Å². The molecule has 4 heteroatoms. The Morgan fingerprint density at radius 3 is 3.08 bits per heavy atom. The highest BCUT2D eigenvalue weighted by Gasteiger charge is 2.24. The molecule has 3 nitrogen and oxygen atoms in total. The van der Waals surface area contributed by atoms with Gasteiger partial charge in [-0.2, -0.15) is 11.8 Å². The van der Waals surface area contributed by atoms with Crippen LogP contribution in [0.4, 0.5) is 0 Å². The predicted molar refractivity (Wildman–Crippen MR) is 58.4 cm³/mol. The zero-order valence-electron chi connectivity index (χ0n) is 8.05. The van der Waals surface area contributed by atoms with Crippen LogP contribution in [0.15, 0.2) is 4.99 Å². The molecule has 1 heterocycles. The first-order valence-electron chi connectivity index (χ1n) is 4.96. The van der Waals surface area contributed by atoms with Gasteiger partial charge in [0.1, 0.15) is 0 Å². The van der Waals surface area contributed by atoms with Crippen LogP contribution in [0.2, 0.25) is 0 Å². The second-order valence-corrected chi connectivity index (χ2v) is 4.81. The average molecular weight is 199 g/mol. The Balaban J connectivity index is 1.76. The molecule has 1 aliphatic carbocycles. The topological polar surface area (TPSA) is 36.4 Å². The maximum Gasteiger partial charge on any atom is 0.191 e. The van der Waals surface area contributed by atoms with Gasteiger partial charge in [-0.3, -0.25) is 4.99 Å². The van der Waals surface area contributed by atoms with Gasteiger partial charge in [-0.15, -0.1) is 0 Å². The second kappa shape index (κ2) is 4.22. The average Bonchev–Trinajstić information content (AvgIpc) is 2.76. The molecule has 74 valence electrons. The van der Waals surface area contributed by atoms with E-state index in [0.717, 1.165) is 24.3 Å². The van der Waals surface area contributed by atoms with Gasteiger partial charge >= 0.3 is 0 Å². The second-order valence-electron chi connectivity index (χ2n) is 3.67. The molecule has 2 unspecified atom stereocenters. The van der Waals surface area contributed by atoms with Crippen molar-refractivity contribution in [3.05, 3.63) is 0 Å². The lowest BCUT2D eigenvalue weighted by molar-refractivity contribution is 0.623. The van der Waals surface area contributed by atoms with Crippen LogP contribution in [0.3, 0.4) is 0 Å². The van der Waals surface area contributed by atoms with E-state index in [0.29, 0.717) is 6.04 Å². The lowest BCUT2D eigenvalue weighted by Crippen LogP contribution is -2.39. The number of nitrogens with one attached hydrogen (secondary N) is 2. The van der Waals surface area contributed by atoms with Gasteiger partial charge in [0, 0.05) is 17.8 Å². The van der Waals surface area contributed by atoms with Crippen LogP contribution < -0.4 is 10.6 Å². The monoisotopic (exact) mass is 199 g/mol. The number of guanidine groups is 1. The minimum Gasteiger partial charge on any atom is -0.355 e. The Bertz CT molecular complexity index is 205. The van der Waals surface area contributed by atoms with Crippen LogP contribution in [0, 0.1) is 0 Å². The van der Waals surface area contributed by atoms with Gasteiger partial charge in [0.25, 0.3) is 0 Å². The van der Waals surface area contributed by atoms with Gasteiger partial charge < -0.3 is 10.6 Å². The highest BCUT2D eigenvalue weighted by molar-refractivity contribution is 7.99. The number of rotatable bonds is 2. The van der Waals surface area contributed by atoms with E-state index < -0.39 is 0 Å². The fraction of sp³-hybridized carbons (Fsp3) is 0.889. The van der Waals surface area contributed by atoms with Crippen molar-refractivity contribution in [2.24, 2.45) is 4.99 Å². The molecule has 13 heavy (non-hydrogen) atoms. The molecule has 0 amide bonds. The highest BCUT2D eigenvalue weighted by atomic mass is 32.2. The molecule has 0 aromatic heterocycles. The molecule has 1 fully saturated rings. The largest absolute Gasteiger partial charge is 0.355 e. The molecule has 0 radical (unpaired) electrons. The van der Waals surface area contributed by atoms with Crippen molar-refractivity contribution < 1.29 is 0 Å². The quantitative estimate of drug-likeness (QED) is 0.691. The summed E-state index contributed by atoms with van der Waals surface area (Å²) in [7, 11) is 0. The van der Waals surface area contributed by atoms with Crippen molar-refractivity contribution in [3.63, 3.8) is 0 Å². The number of hydrogen-bond donors (Lipinski definition) is 2. The highest BCUT2D eigenvalue weighted by Crippen LogP contribution is 2.27. The van der Waals surface area contributed by atoms with Crippen molar-refractivity contribution in [1.29, 1.82) is 0 Å². The summed E-state index contributed by atoms with van der Waals surface area (Å²) in [5.41, 5.74) is 0. The molecular formula is C9H17N3S. The molecule has 2 atom stereocenters. The normalized spacial score (nSPS) is 32.8. The molecule has 0 aromatic rings. The SMILES string of the molecule is CSC1CCC(NC2=NCCN2)C1. The molecule has 2 rings (SSSR count). The molecule has 0 saturated heterocycles. The number of aliphatic imine (C=N–C) groups is 1. The summed E-state index contributed by atoms with van der Waals surface area (Å²) in [6, 6.07) is 0.654. The lowest BCUT2D eigenvalue weighted by Gasteiger charge is -2.13. The van der Waals surface area contributed by atoms with Crippen molar-refractivity contribution >= 4 is 17.7 Å².